The zero-order chi connectivity index (χ0) is 9.68. The highest BCUT2D eigenvalue weighted by Gasteiger charge is 2.06. The number of hydrogen-bond donors (Lipinski definition) is 2. The third-order valence-corrected chi connectivity index (χ3v) is 1.44. The molecule has 0 spiro atoms. The fourth-order valence-corrected chi connectivity index (χ4v) is 0.939. The average molecular weight is 181 g/mol. The minimum absolute atomic E-state index is 0.0660. The smallest absolute Gasteiger partial charge is 0.305 e. The molecule has 13 heavy (non-hydrogen) atoms. The third-order valence-electron chi connectivity index (χ3n) is 1.44. The first-order chi connectivity index (χ1) is 6.18. The van der Waals surface area contributed by atoms with Gasteiger partial charge in [-0.05, 0) is 6.92 Å². The summed E-state index contributed by atoms with van der Waals surface area (Å²) in [6.45, 7) is 1.78. The molecule has 2 N–H and O–H groups in total. The second-order valence-corrected chi connectivity index (χ2v) is 2.73. The lowest BCUT2D eigenvalue weighted by Gasteiger charge is -2.10. The van der Waals surface area contributed by atoms with Crippen LogP contribution in [-0.4, -0.2) is 27.1 Å². The van der Waals surface area contributed by atoms with Crippen molar-refractivity contribution in [1.82, 2.24) is 9.97 Å². The molecule has 5 heteroatoms. The summed E-state index contributed by atoms with van der Waals surface area (Å²) in [4.78, 5) is 18.1. The third kappa shape index (κ3) is 3.50. The molecule has 1 rings (SSSR count). The van der Waals surface area contributed by atoms with Crippen LogP contribution in [0.1, 0.15) is 13.3 Å². The van der Waals surface area contributed by atoms with Crippen molar-refractivity contribution >= 4 is 11.8 Å². The van der Waals surface area contributed by atoms with Crippen molar-refractivity contribution < 1.29 is 9.90 Å². The lowest BCUT2D eigenvalue weighted by Crippen LogP contribution is -2.19. The summed E-state index contributed by atoms with van der Waals surface area (Å²) in [7, 11) is 0. The molecule has 70 valence electrons. The first-order valence-electron chi connectivity index (χ1n) is 3.93. The van der Waals surface area contributed by atoms with Crippen LogP contribution < -0.4 is 5.32 Å². The monoisotopic (exact) mass is 181 g/mol. The molecule has 1 aromatic rings. The van der Waals surface area contributed by atoms with Gasteiger partial charge in [-0.3, -0.25) is 9.78 Å². The number of carbonyl (C=O) groups is 1. The normalized spacial score (nSPS) is 12.1. The Labute approximate surface area is 75.8 Å². The number of aliphatic carboxylic acids is 1. The van der Waals surface area contributed by atoms with Gasteiger partial charge in [0, 0.05) is 18.4 Å². The van der Waals surface area contributed by atoms with E-state index in [4.69, 9.17) is 5.11 Å². The quantitative estimate of drug-likeness (QED) is 0.717. The van der Waals surface area contributed by atoms with E-state index in [1.807, 2.05) is 0 Å². The Morgan fingerprint density at radius 1 is 1.69 bits per heavy atom. The molecule has 0 bridgehead atoms. The van der Waals surface area contributed by atoms with E-state index in [1.165, 1.54) is 0 Å². The van der Waals surface area contributed by atoms with Crippen LogP contribution in [0.4, 0.5) is 5.82 Å². The average Bonchev–Trinajstić information content (AvgIpc) is 2.04. The minimum Gasteiger partial charge on any atom is -0.481 e. The fraction of sp³-hybridized carbons (Fsp3) is 0.375. The molecule has 0 radical (unpaired) electrons. The number of anilines is 1. The standard InChI is InChI=1S/C8H11N3O2/c1-6(4-8(12)13)11-7-5-9-2-3-10-7/h2-3,5-6H,4H2,1H3,(H,10,11)(H,12,13)/t6-/m1/s1. The maximum absolute atomic E-state index is 10.3. The van der Waals surface area contributed by atoms with E-state index < -0.39 is 5.97 Å². The Bertz CT molecular complexity index is 276. The molecule has 0 amide bonds. The maximum Gasteiger partial charge on any atom is 0.305 e. The molecule has 0 aliphatic carbocycles. The number of hydrogen-bond acceptors (Lipinski definition) is 4. The van der Waals surface area contributed by atoms with E-state index in [0.717, 1.165) is 0 Å². The first kappa shape index (κ1) is 9.44. The summed E-state index contributed by atoms with van der Waals surface area (Å²) >= 11 is 0. The van der Waals surface area contributed by atoms with Crippen molar-refractivity contribution in [3.05, 3.63) is 18.6 Å². The summed E-state index contributed by atoms with van der Waals surface area (Å²) in [5.41, 5.74) is 0. The molecule has 0 aromatic carbocycles. The van der Waals surface area contributed by atoms with Gasteiger partial charge in [0.05, 0.1) is 12.6 Å². The zero-order valence-corrected chi connectivity index (χ0v) is 7.27. The molecule has 0 aliphatic heterocycles. The van der Waals surface area contributed by atoms with E-state index in [-0.39, 0.29) is 12.5 Å². The molecule has 1 heterocycles. The molecule has 0 fully saturated rings. The topological polar surface area (TPSA) is 75.1 Å². The number of nitrogens with zero attached hydrogens (tertiary/aromatic N) is 2. The summed E-state index contributed by atoms with van der Waals surface area (Å²) in [5, 5.41) is 11.4. The summed E-state index contributed by atoms with van der Waals surface area (Å²) in [6.07, 6.45) is 4.73. The Balaban J connectivity index is 2.45. The van der Waals surface area contributed by atoms with E-state index >= 15 is 0 Å². The molecule has 0 aliphatic rings. The molecule has 0 saturated carbocycles. The summed E-state index contributed by atoms with van der Waals surface area (Å²) in [5.74, 6) is -0.236. The highest BCUT2D eigenvalue weighted by molar-refractivity contribution is 5.68. The Morgan fingerprint density at radius 2 is 2.46 bits per heavy atom. The van der Waals surface area contributed by atoms with Crippen molar-refractivity contribution in [1.29, 1.82) is 0 Å². The van der Waals surface area contributed by atoms with Crippen LogP contribution in [0.15, 0.2) is 18.6 Å². The Kier molecular flexibility index (Phi) is 3.19. The van der Waals surface area contributed by atoms with E-state index in [0.29, 0.717) is 5.82 Å². The van der Waals surface area contributed by atoms with Crippen LogP contribution in [0.3, 0.4) is 0 Å². The van der Waals surface area contributed by atoms with Gasteiger partial charge < -0.3 is 10.4 Å². The van der Waals surface area contributed by atoms with Crippen LogP contribution in [-0.2, 0) is 4.79 Å². The van der Waals surface area contributed by atoms with Crippen molar-refractivity contribution in [2.75, 3.05) is 5.32 Å². The van der Waals surface area contributed by atoms with Gasteiger partial charge in [-0.25, -0.2) is 4.98 Å². The van der Waals surface area contributed by atoms with Crippen LogP contribution in [0.5, 0.6) is 0 Å². The zero-order valence-electron chi connectivity index (χ0n) is 7.27. The first-order valence-corrected chi connectivity index (χ1v) is 3.93. The number of carboxylic acids is 1. The Morgan fingerprint density at radius 3 is 3.00 bits per heavy atom. The van der Waals surface area contributed by atoms with Gasteiger partial charge in [-0.1, -0.05) is 0 Å². The number of rotatable bonds is 4. The van der Waals surface area contributed by atoms with Gasteiger partial charge in [-0.2, -0.15) is 0 Å². The second-order valence-electron chi connectivity index (χ2n) is 2.73. The molecular weight excluding hydrogens is 170 g/mol. The van der Waals surface area contributed by atoms with Crippen LogP contribution in [0.2, 0.25) is 0 Å². The number of aromatic nitrogens is 2. The molecule has 5 nitrogen and oxygen atoms in total. The van der Waals surface area contributed by atoms with Crippen molar-refractivity contribution in [3.63, 3.8) is 0 Å². The number of carboxylic acid groups (broad SMARTS) is 1. The maximum atomic E-state index is 10.3. The fourth-order valence-electron chi connectivity index (χ4n) is 0.939. The largest absolute Gasteiger partial charge is 0.481 e. The van der Waals surface area contributed by atoms with Gasteiger partial charge in [-0.15, -0.1) is 0 Å². The van der Waals surface area contributed by atoms with E-state index in [2.05, 4.69) is 15.3 Å². The van der Waals surface area contributed by atoms with Gasteiger partial charge in [0.25, 0.3) is 0 Å². The summed E-state index contributed by atoms with van der Waals surface area (Å²) < 4.78 is 0. The van der Waals surface area contributed by atoms with Crippen LogP contribution in [0, 0.1) is 0 Å². The van der Waals surface area contributed by atoms with Crippen molar-refractivity contribution in [2.24, 2.45) is 0 Å². The lowest BCUT2D eigenvalue weighted by molar-refractivity contribution is -0.137. The van der Waals surface area contributed by atoms with Crippen molar-refractivity contribution in [2.45, 2.75) is 19.4 Å². The predicted octanol–water partition coefficient (Wildman–Crippen LogP) is 0.752. The van der Waals surface area contributed by atoms with Gasteiger partial charge in [0.2, 0.25) is 0 Å². The van der Waals surface area contributed by atoms with Crippen molar-refractivity contribution in [3.8, 4) is 0 Å². The molecule has 1 aromatic heterocycles. The highest BCUT2D eigenvalue weighted by atomic mass is 16.4. The van der Waals surface area contributed by atoms with Gasteiger partial charge >= 0.3 is 5.97 Å². The van der Waals surface area contributed by atoms with Crippen LogP contribution >= 0.6 is 0 Å². The van der Waals surface area contributed by atoms with Gasteiger partial charge in [0.1, 0.15) is 5.82 Å². The second kappa shape index (κ2) is 4.39. The van der Waals surface area contributed by atoms with Gasteiger partial charge in [0.15, 0.2) is 0 Å². The SMILES string of the molecule is C[C@H](CC(=O)O)Nc1cnccn1. The lowest BCUT2D eigenvalue weighted by atomic mass is 10.2. The van der Waals surface area contributed by atoms with E-state index in [9.17, 15) is 4.79 Å². The molecular formula is C8H11N3O2. The highest BCUT2D eigenvalue weighted by Crippen LogP contribution is 2.02. The summed E-state index contributed by atoms with van der Waals surface area (Å²) in [6, 6.07) is -0.144. The molecule has 1 atom stereocenters. The predicted molar refractivity (Wildman–Crippen MR) is 47.4 cm³/mol. The minimum atomic E-state index is -0.830. The molecule has 0 unspecified atom stereocenters. The van der Waals surface area contributed by atoms with E-state index in [1.54, 1.807) is 25.5 Å². The Hall–Kier alpha value is -1.65. The van der Waals surface area contributed by atoms with Crippen LogP contribution in [0.25, 0.3) is 0 Å². The number of nitrogens with one attached hydrogen (secondary N) is 1. The molecule has 0 saturated heterocycles.